The maximum atomic E-state index is 11.0. The van der Waals surface area contributed by atoms with Crippen LogP contribution in [0.5, 0.6) is 0 Å². The molecule has 2 aromatic heterocycles. The van der Waals surface area contributed by atoms with Crippen molar-refractivity contribution < 1.29 is 19.3 Å². The lowest BCUT2D eigenvalue weighted by Gasteiger charge is -2.30. The van der Waals surface area contributed by atoms with Gasteiger partial charge in [0, 0.05) is 0 Å². The van der Waals surface area contributed by atoms with E-state index >= 15 is 0 Å². The summed E-state index contributed by atoms with van der Waals surface area (Å²) in [6.07, 6.45) is 0.260. The van der Waals surface area contributed by atoms with Gasteiger partial charge >= 0.3 is 0 Å². The highest BCUT2D eigenvalue weighted by Gasteiger charge is 2.48. The largest absolute Gasteiger partial charge is 0.386 e. The SMILES string of the molecule is CC(C)(C)OC[C@H]1O[C@@H](n2cnc3c(N)ncnc32)C(O)[C@@H]1OC(C)(C)C. The molecule has 9 heteroatoms. The summed E-state index contributed by atoms with van der Waals surface area (Å²) in [6.45, 7) is 12.0. The van der Waals surface area contributed by atoms with Gasteiger partial charge in [0.05, 0.1) is 24.1 Å². The molecule has 1 fully saturated rings. The van der Waals surface area contributed by atoms with Crippen molar-refractivity contribution in [2.24, 2.45) is 0 Å². The van der Waals surface area contributed by atoms with Crippen LogP contribution in [0.15, 0.2) is 12.7 Å². The molecule has 0 bridgehead atoms. The topological polar surface area (TPSA) is 118 Å². The minimum absolute atomic E-state index is 0.279. The van der Waals surface area contributed by atoms with Crippen molar-refractivity contribution in [1.82, 2.24) is 19.5 Å². The monoisotopic (exact) mass is 379 g/mol. The number of hydrogen-bond acceptors (Lipinski definition) is 8. The maximum Gasteiger partial charge on any atom is 0.167 e. The van der Waals surface area contributed by atoms with Crippen molar-refractivity contribution >= 4 is 17.0 Å². The van der Waals surface area contributed by atoms with Gasteiger partial charge < -0.3 is 25.1 Å². The molecule has 1 aliphatic heterocycles. The smallest absolute Gasteiger partial charge is 0.167 e. The Bertz CT molecular complexity index is 795. The highest BCUT2D eigenvalue weighted by Crippen LogP contribution is 2.36. The van der Waals surface area contributed by atoms with E-state index < -0.39 is 30.1 Å². The lowest BCUT2D eigenvalue weighted by atomic mass is 10.1. The van der Waals surface area contributed by atoms with E-state index in [-0.39, 0.29) is 11.4 Å². The van der Waals surface area contributed by atoms with Crippen molar-refractivity contribution in [2.75, 3.05) is 12.3 Å². The van der Waals surface area contributed by atoms with Gasteiger partial charge in [0.25, 0.3) is 0 Å². The highest BCUT2D eigenvalue weighted by atomic mass is 16.6. The van der Waals surface area contributed by atoms with Crippen LogP contribution in [0.3, 0.4) is 0 Å². The Hall–Kier alpha value is -1.81. The first-order valence-electron chi connectivity index (χ1n) is 9.04. The summed E-state index contributed by atoms with van der Waals surface area (Å²) >= 11 is 0. The van der Waals surface area contributed by atoms with E-state index in [2.05, 4.69) is 15.0 Å². The predicted octanol–water partition coefficient (Wildman–Crippen LogP) is 1.67. The van der Waals surface area contributed by atoms with Crippen LogP contribution < -0.4 is 5.73 Å². The first-order valence-corrected chi connectivity index (χ1v) is 9.04. The molecule has 0 spiro atoms. The minimum atomic E-state index is -0.925. The minimum Gasteiger partial charge on any atom is -0.386 e. The molecule has 3 N–H and O–H groups in total. The van der Waals surface area contributed by atoms with E-state index in [0.29, 0.717) is 17.8 Å². The first-order chi connectivity index (χ1) is 12.5. The number of ether oxygens (including phenoxy) is 3. The second-order valence-corrected chi connectivity index (χ2v) is 8.76. The summed E-state index contributed by atoms with van der Waals surface area (Å²) < 4.78 is 19.8. The molecule has 2 aromatic rings. The molecule has 27 heavy (non-hydrogen) atoms. The number of fused-ring (bicyclic) bond motifs is 1. The van der Waals surface area contributed by atoms with Gasteiger partial charge in [0.1, 0.15) is 30.2 Å². The Kier molecular flexibility index (Phi) is 5.15. The molecule has 150 valence electrons. The van der Waals surface area contributed by atoms with Crippen LogP contribution in [-0.2, 0) is 14.2 Å². The number of nitrogens with zero attached hydrogens (tertiary/aromatic N) is 4. The lowest BCUT2D eigenvalue weighted by molar-refractivity contribution is -0.138. The zero-order chi connectivity index (χ0) is 20.0. The van der Waals surface area contributed by atoms with Crippen LogP contribution in [0.2, 0.25) is 0 Å². The second kappa shape index (κ2) is 6.97. The number of aliphatic hydroxyl groups is 1. The van der Waals surface area contributed by atoms with Gasteiger partial charge in [-0.3, -0.25) is 4.57 Å². The number of aliphatic hydroxyl groups excluding tert-OH is 1. The van der Waals surface area contributed by atoms with Crippen molar-refractivity contribution in [3.63, 3.8) is 0 Å². The molecule has 1 aliphatic rings. The van der Waals surface area contributed by atoms with Gasteiger partial charge in [0.2, 0.25) is 0 Å². The van der Waals surface area contributed by atoms with Crippen molar-refractivity contribution in [3.05, 3.63) is 12.7 Å². The Labute approximate surface area is 158 Å². The zero-order valence-electron chi connectivity index (χ0n) is 16.7. The number of rotatable bonds is 4. The van der Waals surface area contributed by atoms with Crippen molar-refractivity contribution in [2.45, 2.75) is 77.3 Å². The number of anilines is 1. The third kappa shape index (κ3) is 4.37. The summed E-state index contributed by atoms with van der Waals surface area (Å²) in [4.78, 5) is 12.4. The van der Waals surface area contributed by atoms with Crippen molar-refractivity contribution in [1.29, 1.82) is 0 Å². The summed E-state index contributed by atoms with van der Waals surface area (Å²) in [6, 6.07) is 0. The van der Waals surface area contributed by atoms with E-state index in [0.717, 1.165) is 0 Å². The molecule has 4 atom stereocenters. The molecule has 1 unspecified atom stereocenters. The number of nitrogens with two attached hydrogens (primary N) is 1. The normalized spacial score (nSPS) is 26.8. The summed E-state index contributed by atoms with van der Waals surface area (Å²) in [5, 5.41) is 11.0. The molecule has 3 rings (SSSR count). The van der Waals surface area contributed by atoms with E-state index in [4.69, 9.17) is 19.9 Å². The van der Waals surface area contributed by atoms with Crippen LogP contribution >= 0.6 is 0 Å². The van der Waals surface area contributed by atoms with Gasteiger partial charge in [-0.1, -0.05) is 0 Å². The quantitative estimate of drug-likeness (QED) is 0.824. The second-order valence-electron chi connectivity index (χ2n) is 8.76. The van der Waals surface area contributed by atoms with Crippen LogP contribution in [0.4, 0.5) is 5.82 Å². The molecule has 0 radical (unpaired) electrons. The van der Waals surface area contributed by atoms with E-state index in [1.165, 1.54) is 6.33 Å². The van der Waals surface area contributed by atoms with Gasteiger partial charge in [-0.2, -0.15) is 0 Å². The van der Waals surface area contributed by atoms with Crippen LogP contribution in [0.1, 0.15) is 47.8 Å². The Morgan fingerprint density at radius 1 is 1.15 bits per heavy atom. The molecular formula is C18H29N5O4. The van der Waals surface area contributed by atoms with Crippen LogP contribution in [0.25, 0.3) is 11.2 Å². The van der Waals surface area contributed by atoms with Gasteiger partial charge in [0.15, 0.2) is 17.7 Å². The molecule has 0 aromatic carbocycles. The third-order valence-corrected chi connectivity index (χ3v) is 4.14. The Morgan fingerprint density at radius 3 is 2.48 bits per heavy atom. The lowest BCUT2D eigenvalue weighted by Crippen LogP contribution is -2.42. The fraction of sp³-hybridized carbons (Fsp3) is 0.722. The standard InChI is InChI=1S/C18H29N5O4/c1-17(2,3)25-7-10-13(27-18(4,5)6)12(24)16(26-10)23-9-22-11-14(19)20-8-21-15(11)23/h8-10,12-13,16,24H,7H2,1-6H3,(H2,19,20,21)/t10-,12?,13-,16-/m1/s1. The van der Waals surface area contributed by atoms with Gasteiger partial charge in [-0.15, -0.1) is 0 Å². The van der Waals surface area contributed by atoms with E-state index in [1.807, 2.05) is 41.5 Å². The maximum absolute atomic E-state index is 11.0. The van der Waals surface area contributed by atoms with E-state index in [1.54, 1.807) is 10.9 Å². The van der Waals surface area contributed by atoms with Crippen LogP contribution in [-0.4, -0.2) is 60.7 Å². The molecular weight excluding hydrogens is 350 g/mol. The molecule has 1 saturated heterocycles. The number of aromatic nitrogens is 4. The zero-order valence-corrected chi connectivity index (χ0v) is 16.7. The fourth-order valence-corrected chi connectivity index (χ4v) is 3.03. The average Bonchev–Trinajstić information content (AvgIpc) is 3.07. The number of hydrogen-bond donors (Lipinski definition) is 2. The molecule has 0 aliphatic carbocycles. The molecule has 0 saturated carbocycles. The molecule has 9 nitrogen and oxygen atoms in total. The van der Waals surface area contributed by atoms with Gasteiger partial charge in [-0.05, 0) is 41.5 Å². The highest BCUT2D eigenvalue weighted by molar-refractivity contribution is 5.81. The third-order valence-electron chi connectivity index (χ3n) is 4.14. The first kappa shape index (κ1) is 19.9. The number of nitrogen functional groups attached to an aromatic ring is 1. The number of imidazole rings is 1. The van der Waals surface area contributed by atoms with Gasteiger partial charge in [-0.25, -0.2) is 15.0 Å². The fourth-order valence-electron chi connectivity index (χ4n) is 3.03. The van der Waals surface area contributed by atoms with Crippen molar-refractivity contribution in [3.8, 4) is 0 Å². The molecule has 0 amide bonds. The summed E-state index contributed by atoms with van der Waals surface area (Å²) in [5.41, 5.74) is 6.05. The van der Waals surface area contributed by atoms with E-state index in [9.17, 15) is 5.11 Å². The Balaban J connectivity index is 1.90. The average molecular weight is 379 g/mol. The summed E-state index contributed by atoms with van der Waals surface area (Å²) in [7, 11) is 0. The molecule has 3 heterocycles. The Morgan fingerprint density at radius 2 is 1.85 bits per heavy atom. The summed E-state index contributed by atoms with van der Waals surface area (Å²) in [5.74, 6) is 0.279. The predicted molar refractivity (Wildman–Crippen MR) is 100.0 cm³/mol. The van der Waals surface area contributed by atoms with Crippen LogP contribution in [0, 0.1) is 0 Å².